The maximum Gasteiger partial charge on any atom is 0.233 e. The van der Waals surface area contributed by atoms with Gasteiger partial charge >= 0.3 is 0 Å². The van der Waals surface area contributed by atoms with E-state index >= 15 is 0 Å². The summed E-state index contributed by atoms with van der Waals surface area (Å²) in [5, 5.41) is 0. The van der Waals surface area contributed by atoms with Gasteiger partial charge in [-0.15, -0.1) is 0 Å². The smallest absolute Gasteiger partial charge is 0.233 e. The highest BCUT2D eigenvalue weighted by atomic mass is 16.2. The van der Waals surface area contributed by atoms with Crippen LogP contribution in [0.25, 0.3) is 6.08 Å². The van der Waals surface area contributed by atoms with E-state index in [0.717, 1.165) is 11.1 Å². The zero-order chi connectivity index (χ0) is 11.9. The lowest BCUT2D eigenvalue weighted by molar-refractivity contribution is -0.110. The Kier molecular flexibility index (Phi) is 2.30. The van der Waals surface area contributed by atoms with Crippen molar-refractivity contribution in [1.29, 1.82) is 0 Å². The predicted molar refractivity (Wildman–Crippen MR) is 63.5 cm³/mol. The van der Waals surface area contributed by atoms with E-state index < -0.39 is 11.6 Å². The lowest BCUT2D eigenvalue weighted by Gasteiger charge is -2.21. The van der Waals surface area contributed by atoms with Gasteiger partial charge in [0.1, 0.15) is 0 Å². The summed E-state index contributed by atoms with van der Waals surface area (Å²) in [6.07, 6.45) is 3.06. The molecule has 0 N–H and O–H groups in total. The molecule has 0 spiro atoms. The second-order valence-electron chi connectivity index (χ2n) is 5.08. The molecule has 2 rings (SSSR count). The Balaban J connectivity index is 2.56. The molecule has 0 fully saturated rings. The molecule has 1 aliphatic rings. The van der Waals surface area contributed by atoms with Crippen LogP contribution in [-0.2, 0) is 10.2 Å². The number of carbonyl (C=O) groups is 2. The third-order valence-corrected chi connectivity index (χ3v) is 2.80. The standard InChI is InChI=1S/C14H14O2/c1-14(2,3)10-5-6-11-9(8-10)4-7-12(15)13(11)16/h4-8H,1-3H3. The second-order valence-corrected chi connectivity index (χ2v) is 5.08. The normalized spacial score (nSPS) is 15.2. The molecule has 0 aliphatic heterocycles. The summed E-state index contributed by atoms with van der Waals surface area (Å²) in [6.45, 7) is 6.36. The molecule has 0 radical (unpaired) electrons. The van der Waals surface area contributed by atoms with Crippen molar-refractivity contribution in [2.45, 2.75) is 26.2 Å². The summed E-state index contributed by atoms with van der Waals surface area (Å²) < 4.78 is 0. The maximum atomic E-state index is 11.6. The molecule has 0 saturated heterocycles. The first-order valence-electron chi connectivity index (χ1n) is 5.31. The molecule has 0 amide bonds. The predicted octanol–water partition coefficient (Wildman–Crippen LogP) is 2.76. The Bertz CT molecular complexity index is 502. The fraction of sp³-hybridized carbons (Fsp3) is 0.286. The first kappa shape index (κ1) is 10.8. The summed E-state index contributed by atoms with van der Waals surface area (Å²) >= 11 is 0. The lowest BCUT2D eigenvalue weighted by atomic mass is 9.83. The minimum Gasteiger partial charge on any atom is -0.286 e. The number of fused-ring (bicyclic) bond motifs is 1. The Morgan fingerprint density at radius 3 is 2.31 bits per heavy atom. The van der Waals surface area contributed by atoms with Crippen molar-refractivity contribution in [3.05, 3.63) is 41.0 Å². The molecule has 0 saturated carbocycles. The van der Waals surface area contributed by atoms with Gasteiger partial charge in [0.15, 0.2) is 0 Å². The number of hydrogen-bond donors (Lipinski definition) is 0. The van der Waals surface area contributed by atoms with E-state index in [2.05, 4.69) is 20.8 Å². The van der Waals surface area contributed by atoms with E-state index in [-0.39, 0.29) is 5.41 Å². The molecule has 2 nitrogen and oxygen atoms in total. The van der Waals surface area contributed by atoms with Crippen LogP contribution < -0.4 is 0 Å². The van der Waals surface area contributed by atoms with E-state index in [1.54, 1.807) is 12.1 Å². The molecule has 2 heteroatoms. The second kappa shape index (κ2) is 3.41. The zero-order valence-corrected chi connectivity index (χ0v) is 9.70. The van der Waals surface area contributed by atoms with Crippen LogP contribution in [-0.4, -0.2) is 11.6 Å². The van der Waals surface area contributed by atoms with Crippen LogP contribution in [0.1, 0.15) is 42.3 Å². The van der Waals surface area contributed by atoms with Gasteiger partial charge in [-0.2, -0.15) is 0 Å². The van der Waals surface area contributed by atoms with Gasteiger partial charge in [0.25, 0.3) is 0 Å². The van der Waals surface area contributed by atoms with Crippen molar-refractivity contribution in [3.8, 4) is 0 Å². The van der Waals surface area contributed by atoms with E-state index in [4.69, 9.17) is 0 Å². The minimum atomic E-state index is -0.434. The van der Waals surface area contributed by atoms with Crippen LogP contribution in [0.3, 0.4) is 0 Å². The van der Waals surface area contributed by atoms with Crippen LogP contribution in [0.5, 0.6) is 0 Å². The molecule has 1 aromatic rings. The molecule has 0 unspecified atom stereocenters. The van der Waals surface area contributed by atoms with Crippen molar-refractivity contribution in [2.75, 3.05) is 0 Å². The zero-order valence-electron chi connectivity index (χ0n) is 9.70. The molecule has 0 bridgehead atoms. The fourth-order valence-electron chi connectivity index (χ4n) is 1.75. The topological polar surface area (TPSA) is 34.1 Å². The van der Waals surface area contributed by atoms with Gasteiger partial charge in [0.05, 0.1) is 0 Å². The number of carbonyl (C=O) groups excluding carboxylic acids is 2. The molecular weight excluding hydrogens is 200 g/mol. The van der Waals surface area contributed by atoms with E-state index in [1.165, 1.54) is 6.08 Å². The van der Waals surface area contributed by atoms with Gasteiger partial charge in [0.2, 0.25) is 11.6 Å². The van der Waals surface area contributed by atoms with E-state index in [1.807, 2.05) is 12.1 Å². The summed E-state index contributed by atoms with van der Waals surface area (Å²) in [5.41, 5.74) is 2.57. The van der Waals surface area contributed by atoms with Crippen molar-refractivity contribution in [2.24, 2.45) is 0 Å². The van der Waals surface area contributed by atoms with Gasteiger partial charge in [-0.3, -0.25) is 9.59 Å². The highest BCUT2D eigenvalue weighted by molar-refractivity contribution is 6.49. The summed E-state index contributed by atoms with van der Waals surface area (Å²) in [6, 6.07) is 5.65. The first-order valence-corrected chi connectivity index (χ1v) is 5.31. The molecule has 0 heterocycles. The SMILES string of the molecule is CC(C)(C)c1ccc2c(c1)C=CC(=O)C2=O. The Hall–Kier alpha value is -1.70. The van der Waals surface area contributed by atoms with Crippen LogP contribution in [0.2, 0.25) is 0 Å². The van der Waals surface area contributed by atoms with Gasteiger partial charge in [-0.25, -0.2) is 0 Å². The molecular formula is C14H14O2. The molecule has 1 aromatic carbocycles. The quantitative estimate of drug-likeness (QED) is 0.622. The summed E-state index contributed by atoms with van der Waals surface area (Å²) in [5.74, 6) is -0.839. The van der Waals surface area contributed by atoms with Crippen LogP contribution in [0.15, 0.2) is 24.3 Å². The van der Waals surface area contributed by atoms with Crippen molar-refractivity contribution in [1.82, 2.24) is 0 Å². The molecule has 0 aromatic heterocycles. The molecule has 82 valence electrons. The van der Waals surface area contributed by atoms with Gasteiger partial charge in [0, 0.05) is 5.56 Å². The highest BCUT2D eigenvalue weighted by Gasteiger charge is 2.22. The number of benzene rings is 1. The van der Waals surface area contributed by atoms with Crippen LogP contribution in [0, 0.1) is 0 Å². The Morgan fingerprint density at radius 2 is 1.69 bits per heavy atom. The van der Waals surface area contributed by atoms with Crippen LogP contribution in [0.4, 0.5) is 0 Å². The third-order valence-electron chi connectivity index (χ3n) is 2.80. The van der Waals surface area contributed by atoms with Gasteiger partial charge in [-0.1, -0.05) is 45.0 Å². The fourth-order valence-corrected chi connectivity index (χ4v) is 1.75. The summed E-state index contributed by atoms with van der Waals surface area (Å²) in [4.78, 5) is 22.8. The highest BCUT2D eigenvalue weighted by Crippen LogP contribution is 2.27. The minimum absolute atomic E-state index is 0.0490. The van der Waals surface area contributed by atoms with Gasteiger partial charge in [-0.05, 0) is 22.6 Å². The van der Waals surface area contributed by atoms with Crippen molar-refractivity contribution in [3.63, 3.8) is 0 Å². The number of Topliss-reactive ketones (excluding diaryl/α,β-unsaturated/α-hetero) is 1. The number of hydrogen-bond acceptors (Lipinski definition) is 2. The van der Waals surface area contributed by atoms with Crippen molar-refractivity contribution < 1.29 is 9.59 Å². The average Bonchev–Trinajstić information content (AvgIpc) is 2.22. The van der Waals surface area contributed by atoms with Gasteiger partial charge < -0.3 is 0 Å². The third kappa shape index (κ3) is 1.71. The lowest BCUT2D eigenvalue weighted by Crippen LogP contribution is -2.18. The monoisotopic (exact) mass is 214 g/mol. The molecule has 0 atom stereocenters. The number of allylic oxidation sites excluding steroid dienone is 1. The maximum absolute atomic E-state index is 11.6. The molecule has 16 heavy (non-hydrogen) atoms. The number of ketones is 2. The van der Waals surface area contributed by atoms with E-state index in [9.17, 15) is 9.59 Å². The van der Waals surface area contributed by atoms with E-state index in [0.29, 0.717) is 5.56 Å². The Labute approximate surface area is 95.0 Å². The average molecular weight is 214 g/mol. The number of rotatable bonds is 0. The largest absolute Gasteiger partial charge is 0.286 e. The molecule has 1 aliphatic carbocycles. The van der Waals surface area contributed by atoms with Crippen LogP contribution >= 0.6 is 0 Å². The van der Waals surface area contributed by atoms with Crippen molar-refractivity contribution >= 4 is 17.6 Å². The summed E-state index contributed by atoms with van der Waals surface area (Å²) in [7, 11) is 0. The Morgan fingerprint density at radius 1 is 1.00 bits per heavy atom. The first-order chi connectivity index (χ1) is 7.39.